The Hall–Kier alpha value is -1.59. The van der Waals surface area contributed by atoms with Gasteiger partial charge in [0.1, 0.15) is 6.04 Å². The number of carbonyl (C=O) groups is 1. The van der Waals surface area contributed by atoms with Crippen LogP contribution < -0.4 is 15.5 Å². The number of hydrogen-bond donors (Lipinski definition) is 2. The molecule has 0 spiro atoms. The van der Waals surface area contributed by atoms with Crippen molar-refractivity contribution >= 4 is 17.3 Å². The molecule has 0 aromatic heterocycles. The lowest BCUT2D eigenvalue weighted by molar-refractivity contribution is -0.117. The first-order valence-corrected chi connectivity index (χ1v) is 7.77. The van der Waals surface area contributed by atoms with Crippen molar-refractivity contribution in [2.75, 3.05) is 36.5 Å². The number of fused-ring (bicyclic) bond motifs is 1. The number of amides is 1. The maximum atomic E-state index is 12.0. The van der Waals surface area contributed by atoms with Crippen molar-refractivity contribution in [3.05, 3.63) is 23.8 Å². The monoisotopic (exact) mass is 289 g/mol. The maximum absolute atomic E-state index is 12.0. The van der Waals surface area contributed by atoms with Crippen LogP contribution in [0.2, 0.25) is 0 Å². The molecule has 21 heavy (non-hydrogen) atoms. The topological polar surface area (TPSA) is 53.6 Å². The van der Waals surface area contributed by atoms with Crippen molar-refractivity contribution in [1.29, 1.82) is 0 Å². The molecule has 2 aliphatic heterocycles. The molecular weight excluding hydrogens is 266 g/mol. The van der Waals surface area contributed by atoms with E-state index in [0.29, 0.717) is 6.04 Å². The van der Waals surface area contributed by atoms with Crippen molar-refractivity contribution in [2.45, 2.75) is 32.4 Å². The van der Waals surface area contributed by atoms with Crippen LogP contribution >= 0.6 is 0 Å². The third-order valence-corrected chi connectivity index (χ3v) is 4.31. The van der Waals surface area contributed by atoms with Crippen LogP contribution in [0.3, 0.4) is 0 Å². The van der Waals surface area contributed by atoms with Crippen LogP contribution in [0.25, 0.3) is 0 Å². The summed E-state index contributed by atoms with van der Waals surface area (Å²) in [6, 6.07) is 6.48. The molecule has 1 aromatic carbocycles. The molecule has 114 valence electrons. The Morgan fingerprint density at radius 1 is 1.43 bits per heavy atom. The SMILES string of the molecule is CCNC1C(=O)Nc2cc(N3CCOCC3CC)ccc21. The Labute approximate surface area is 125 Å². The molecule has 2 unspecified atom stereocenters. The van der Waals surface area contributed by atoms with Gasteiger partial charge in [-0.1, -0.05) is 19.9 Å². The second kappa shape index (κ2) is 6.03. The van der Waals surface area contributed by atoms with E-state index in [4.69, 9.17) is 4.74 Å². The molecule has 1 fully saturated rings. The van der Waals surface area contributed by atoms with Crippen LogP contribution in [0.15, 0.2) is 18.2 Å². The molecule has 1 amide bonds. The molecule has 0 bridgehead atoms. The van der Waals surface area contributed by atoms with Crippen molar-refractivity contribution in [2.24, 2.45) is 0 Å². The molecule has 2 N–H and O–H groups in total. The van der Waals surface area contributed by atoms with Crippen LogP contribution in [0.1, 0.15) is 31.9 Å². The van der Waals surface area contributed by atoms with E-state index in [1.54, 1.807) is 0 Å². The highest BCUT2D eigenvalue weighted by Crippen LogP contribution is 2.35. The second-order valence-corrected chi connectivity index (χ2v) is 5.58. The predicted octanol–water partition coefficient (Wildman–Crippen LogP) is 1.90. The number of nitrogens with one attached hydrogen (secondary N) is 2. The number of benzene rings is 1. The van der Waals surface area contributed by atoms with E-state index in [1.165, 1.54) is 5.69 Å². The fourth-order valence-electron chi connectivity index (χ4n) is 3.17. The number of hydrogen-bond acceptors (Lipinski definition) is 4. The summed E-state index contributed by atoms with van der Waals surface area (Å²) < 4.78 is 5.56. The minimum atomic E-state index is -0.217. The van der Waals surface area contributed by atoms with E-state index in [9.17, 15) is 4.79 Å². The highest BCUT2D eigenvalue weighted by Gasteiger charge is 2.31. The van der Waals surface area contributed by atoms with Crippen LogP contribution in [-0.4, -0.2) is 38.3 Å². The van der Waals surface area contributed by atoms with E-state index in [1.807, 2.05) is 6.92 Å². The van der Waals surface area contributed by atoms with E-state index in [-0.39, 0.29) is 11.9 Å². The van der Waals surface area contributed by atoms with Crippen molar-refractivity contribution in [1.82, 2.24) is 5.32 Å². The summed E-state index contributed by atoms with van der Waals surface area (Å²) >= 11 is 0. The average molecular weight is 289 g/mol. The number of nitrogens with zero attached hydrogens (tertiary/aromatic N) is 1. The van der Waals surface area contributed by atoms with Gasteiger partial charge in [0, 0.05) is 23.5 Å². The van der Waals surface area contributed by atoms with Crippen molar-refractivity contribution in [3.63, 3.8) is 0 Å². The maximum Gasteiger partial charge on any atom is 0.246 e. The summed E-state index contributed by atoms with van der Waals surface area (Å²) in [5, 5.41) is 6.21. The van der Waals surface area contributed by atoms with Gasteiger partial charge in [0.05, 0.1) is 19.3 Å². The van der Waals surface area contributed by atoms with Gasteiger partial charge in [-0.15, -0.1) is 0 Å². The molecule has 1 aromatic rings. The number of carbonyl (C=O) groups excluding carboxylic acids is 1. The van der Waals surface area contributed by atoms with Crippen molar-refractivity contribution < 1.29 is 9.53 Å². The predicted molar refractivity (Wildman–Crippen MR) is 83.7 cm³/mol. The summed E-state index contributed by atoms with van der Waals surface area (Å²) in [6.07, 6.45) is 1.06. The zero-order valence-electron chi connectivity index (χ0n) is 12.7. The molecule has 2 atom stereocenters. The molecule has 1 saturated heterocycles. The molecule has 0 radical (unpaired) electrons. The van der Waals surface area contributed by atoms with E-state index in [2.05, 4.69) is 40.7 Å². The molecule has 0 aliphatic carbocycles. The average Bonchev–Trinajstić information content (AvgIpc) is 2.83. The van der Waals surface area contributed by atoms with Crippen LogP contribution in [0, 0.1) is 0 Å². The fraction of sp³-hybridized carbons (Fsp3) is 0.562. The molecule has 5 heteroatoms. The number of morpholine rings is 1. The van der Waals surface area contributed by atoms with Gasteiger partial charge in [0.15, 0.2) is 0 Å². The van der Waals surface area contributed by atoms with Crippen LogP contribution in [0.5, 0.6) is 0 Å². The summed E-state index contributed by atoms with van der Waals surface area (Å²) in [5.74, 6) is 0.0398. The second-order valence-electron chi connectivity index (χ2n) is 5.58. The number of rotatable bonds is 4. The Morgan fingerprint density at radius 3 is 3.05 bits per heavy atom. The summed E-state index contributed by atoms with van der Waals surface area (Å²) in [6.45, 7) is 7.42. The number of anilines is 2. The van der Waals surface area contributed by atoms with Crippen LogP contribution in [0.4, 0.5) is 11.4 Å². The first-order valence-electron chi connectivity index (χ1n) is 7.77. The smallest absolute Gasteiger partial charge is 0.246 e. The van der Waals surface area contributed by atoms with Gasteiger partial charge in [-0.2, -0.15) is 0 Å². The zero-order valence-corrected chi connectivity index (χ0v) is 12.7. The third-order valence-electron chi connectivity index (χ3n) is 4.31. The van der Waals surface area contributed by atoms with Gasteiger partial charge >= 0.3 is 0 Å². The van der Waals surface area contributed by atoms with Gasteiger partial charge in [0.2, 0.25) is 5.91 Å². The number of likely N-dealkylation sites (N-methyl/N-ethyl adjacent to an activating group) is 1. The van der Waals surface area contributed by atoms with Gasteiger partial charge in [-0.3, -0.25) is 4.79 Å². The lowest BCUT2D eigenvalue weighted by Gasteiger charge is -2.37. The minimum absolute atomic E-state index is 0.0398. The first kappa shape index (κ1) is 14.4. The summed E-state index contributed by atoms with van der Waals surface area (Å²) in [5.41, 5.74) is 3.15. The van der Waals surface area contributed by atoms with E-state index >= 15 is 0 Å². The van der Waals surface area contributed by atoms with Gasteiger partial charge in [0.25, 0.3) is 0 Å². The summed E-state index contributed by atoms with van der Waals surface area (Å²) in [7, 11) is 0. The van der Waals surface area contributed by atoms with Crippen LogP contribution in [-0.2, 0) is 9.53 Å². The Morgan fingerprint density at radius 2 is 2.29 bits per heavy atom. The molecular formula is C16H23N3O2. The minimum Gasteiger partial charge on any atom is -0.377 e. The quantitative estimate of drug-likeness (QED) is 0.889. The normalized spacial score (nSPS) is 24.9. The van der Waals surface area contributed by atoms with Crippen molar-refractivity contribution in [3.8, 4) is 0 Å². The summed E-state index contributed by atoms with van der Waals surface area (Å²) in [4.78, 5) is 14.4. The molecule has 0 saturated carbocycles. The standard InChI is InChI=1S/C16H23N3O2/c1-3-11-10-21-8-7-19(11)12-5-6-13-14(9-12)18-16(20)15(13)17-4-2/h5-6,9,11,15,17H,3-4,7-8,10H2,1-2H3,(H,18,20). The Kier molecular flexibility index (Phi) is 4.12. The molecule has 3 rings (SSSR count). The zero-order chi connectivity index (χ0) is 14.8. The van der Waals surface area contributed by atoms with Gasteiger partial charge in [-0.25, -0.2) is 0 Å². The van der Waals surface area contributed by atoms with Gasteiger partial charge in [-0.05, 0) is 25.1 Å². The lowest BCUT2D eigenvalue weighted by atomic mass is 10.1. The van der Waals surface area contributed by atoms with E-state index < -0.39 is 0 Å². The number of ether oxygens (including phenoxy) is 1. The van der Waals surface area contributed by atoms with Gasteiger partial charge < -0.3 is 20.3 Å². The third kappa shape index (κ3) is 2.63. The first-order chi connectivity index (χ1) is 10.2. The molecule has 2 aliphatic rings. The Bertz CT molecular complexity index is 532. The largest absolute Gasteiger partial charge is 0.377 e. The lowest BCUT2D eigenvalue weighted by Crippen LogP contribution is -2.45. The highest BCUT2D eigenvalue weighted by molar-refractivity contribution is 6.03. The van der Waals surface area contributed by atoms with E-state index in [0.717, 1.165) is 44.0 Å². The Balaban J connectivity index is 1.87. The highest BCUT2D eigenvalue weighted by atomic mass is 16.5. The molecule has 2 heterocycles. The fourth-order valence-corrected chi connectivity index (χ4v) is 3.17. The molecule has 5 nitrogen and oxygen atoms in total.